The SMILES string of the molecule is CC(C)CCC[C@@H](C)[C@H]1CCC2C3CC=C4CC(OC(=O)N(CCCCN)CCCCN)CC[C@]4(C)C3CC[C@@]21C. The fraction of sp³-hybridized carbons (Fsp3) is 0.917. The summed E-state index contributed by atoms with van der Waals surface area (Å²) in [6, 6.07) is 0. The van der Waals surface area contributed by atoms with Gasteiger partial charge in [0.1, 0.15) is 6.10 Å². The van der Waals surface area contributed by atoms with Crippen LogP contribution >= 0.6 is 0 Å². The first-order valence-electron chi connectivity index (χ1n) is 17.7. The van der Waals surface area contributed by atoms with E-state index in [2.05, 4.69) is 40.7 Å². The predicted molar refractivity (Wildman–Crippen MR) is 171 cm³/mol. The highest BCUT2D eigenvalue weighted by Crippen LogP contribution is 2.67. The molecule has 0 saturated heterocycles. The minimum absolute atomic E-state index is 0.0151. The molecule has 0 aromatic heterocycles. The summed E-state index contributed by atoms with van der Waals surface area (Å²) in [6.45, 7) is 15.4. The molecule has 5 nitrogen and oxygen atoms in total. The van der Waals surface area contributed by atoms with E-state index in [4.69, 9.17) is 16.2 Å². The first-order chi connectivity index (χ1) is 19.6. The third-order valence-corrected chi connectivity index (χ3v) is 12.5. The molecule has 236 valence electrons. The van der Waals surface area contributed by atoms with E-state index in [0.717, 1.165) is 93.5 Å². The van der Waals surface area contributed by atoms with Gasteiger partial charge >= 0.3 is 6.09 Å². The highest BCUT2D eigenvalue weighted by Gasteiger charge is 2.59. The van der Waals surface area contributed by atoms with Gasteiger partial charge in [-0.25, -0.2) is 4.79 Å². The van der Waals surface area contributed by atoms with Crippen LogP contribution in [0.1, 0.15) is 131 Å². The van der Waals surface area contributed by atoms with Crippen molar-refractivity contribution in [3.8, 4) is 0 Å². The Kier molecular flexibility index (Phi) is 11.7. The molecular weight excluding hydrogens is 506 g/mol. The van der Waals surface area contributed by atoms with E-state index < -0.39 is 0 Å². The molecule has 0 radical (unpaired) electrons. The van der Waals surface area contributed by atoms with Gasteiger partial charge in [0.05, 0.1) is 0 Å². The van der Waals surface area contributed by atoms with Crippen molar-refractivity contribution in [1.82, 2.24) is 4.90 Å². The number of ether oxygens (including phenoxy) is 1. The van der Waals surface area contributed by atoms with Crippen molar-refractivity contribution in [2.45, 2.75) is 137 Å². The topological polar surface area (TPSA) is 81.6 Å². The van der Waals surface area contributed by atoms with Gasteiger partial charge in [-0.2, -0.15) is 0 Å². The largest absolute Gasteiger partial charge is 0.446 e. The third kappa shape index (κ3) is 7.36. The molecule has 4 N–H and O–H groups in total. The number of carbonyl (C=O) groups excluding carboxylic acids is 1. The maximum absolute atomic E-state index is 13.2. The predicted octanol–water partition coefficient (Wildman–Crippen LogP) is 8.31. The van der Waals surface area contributed by atoms with E-state index in [1.807, 2.05) is 4.90 Å². The van der Waals surface area contributed by atoms with Crippen LogP contribution in [0.15, 0.2) is 11.6 Å². The Hall–Kier alpha value is -1.07. The van der Waals surface area contributed by atoms with Crippen LogP contribution in [-0.4, -0.2) is 43.3 Å². The van der Waals surface area contributed by atoms with Crippen LogP contribution in [0.4, 0.5) is 4.79 Å². The zero-order valence-electron chi connectivity index (χ0n) is 27.5. The molecule has 8 atom stereocenters. The molecule has 3 saturated carbocycles. The van der Waals surface area contributed by atoms with Crippen LogP contribution in [0.2, 0.25) is 0 Å². The highest BCUT2D eigenvalue weighted by atomic mass is 16.6. The van der Waals surface area contributed by atoms with Crippen molar-refractivity contribution >= 4 is 6.09 Å². The zero-order chi connectivity index (χ0) is 29.6. The fourth-order valence-corrected chi connectivity index (χ4v) is 10.2. The number of amides is 1. The van der Waals surface area contributed by atoms with E-state index >= 15 is 0 Å². The minimum atomic E-state index is -0.130. The van der Waals surface area contributed by atoms with Gasteiger partial charge in [0.2, 0.25) is 0 Å². The molecule has 4 unspecified atom stereocenters. The van der Waals surface area contributed by atoms with Crippen molar-refractivity contribution in [1.29, 1.82) is 0 Å². The summed E-state index contributed by atoms with van der Waals surface area (Å²) in [5.74, 6) is 5.13. The van der Waals surface area contributed by atoms with Crippen molar-refractivity contribution in [3.63, 3.8) is 0 Å². The van der Waals surface area contributed by atoms with Gasteiger partial charge in [-0.05, 0) is 130 Å². The number of hydrogen-bond acceptors (Lipinski definition) is 4. The first-order valence-corrected chi connectivity index (χ1v) is 17.7. The smallest absolute Gasteiger partial charge is 0.410 e. The first kappa shape index (κ1) is 32.8. The van der Waals surface area contributed by atoms with Gasteiger partial charge in [-0.1, -0.05) is 65.5 Å². The molecule has 0 aromatic carbocycles. The lowest BCUT2D eigenvalue weighted by Gasteiger charge is -2.58. The van der Waals surface area contributed by atoms with Crippen molar-refractivity contribution in [2.75, 3.05) is 26.2 Å². The molecule has 0 aliphatic heterocycles. The van der Waals surface area contributed by atoms with Crippen molar-refractivity contribution in [2.24, 2.45) is 57.8 Å². The molecular formula is C36H65N3O2. The number of allylic oxidation sites excluding steroid dienone is 1. The van der Waals surface area contributed by atoms with Crippen LogP contribution in [-0.2, 0) is 4.74 Å². The average Bonchev–Trinajstić information content (AvgIpc) is 3.29. The lowest BCUT2D eigenvalue weighted by molar-refractivity contribution is -0.0593. The Bertz CT molecular complexity index is 863. The third-order valence-electron chi connectivity index (χ3n) is 12.5. The highest BCUT2D eigenvalue weighted by molar-refractivity contribution is 5.67. The minimum Gasteiger partial charge on any atom is -0.446 e. The molecule has 0 spiro atoms. The number of nitrogens with two attached hydrogens (primary N) is 2. The Morgan fingerprint density at radius 3 is 2.29 bits per heavy atom. The normalized spacial score (nSPS) is 35.3. The molecule has 0 aromatic rings. The van der Waals surface area contributed by atoms with Gasteiger partial charge in [0, 0.05) is 19.5 Å². The van der Waals surface area contributed by atoms with Gasteiger partial charge < -0.3 is 21.1 Å². The standard InChI is InChI=1S/C36H65N3O2/c1-26(2)11-10-12-27(3)31-15-16-32-30-14-13-28-25-29(17-19-35(28,4)33(30)18-20-36(31,32)5)41-34(40)39(23-8-6-21-37)24-9-7-22-38/h13,26-27,29-33H,6-12,14-25,37-38H2,1-5H3/t27-,29?,30?,31-,32?,33?,35+,36-/m1/s1. The van der Waals surface area contributed by atoms with Gasteiger partial charge in [-0.3, -0.25) is 0 Å². The quantitative estimate of drug-likeness (QED) is 0.162. The van der Waals surface area contributed by atoms with Crippen LogP contribution in [0.5, 0.6) is 0 Å². The van der Waals surface area contributed by atoms with Gasteiger partial charge in [-0.15, -0.1) is 0 Å². The summed E-state index contributed by atoms with van der Waals surface area (Å²) in [5, 5.41) is 0. The number of nitrogens with zero attached hydrogens (tertiary/aromatic N) is 1. The maximum Gasteiger partial charge on any atom is 0.410 e. The van der Waals surface area contributed by atoms with E-state index in [-0.39, 0.29) is 17.6 Å². The Morgan fingerprint density at radius 1 is 0.927 bits per heavy atom. The van der Waals surface area contributed by atoms with Crippen molar-refractivity contribution < 1.29 is 9.53 Å². The van der Waals surface area contributed by atoms with E-state index in [1.165, 1.54) is 51.4 Å². The van der Waals surface area contributed by atoms with Crippen LogP contribution in [0, 0.1) is 46.3 Å². The zero-order valence-corrected chi connectivity index (χ0v) is 27.5. The Labute approximate surface area is 253 Å². The van der Waals surface area contributed by atoms with Gasteiger partial charge in [0.15, 0.2) is 0 Å². The number of carbonyl (C=O) groups is 1. The summed E-state index contributed by atoms with van der Waals surface area (Å²) in [4.78, 5) is 15.1. The van der Waals surface area contributed by atoms with Crippen LogP contribution < -0.4 is 11.5 Å². The fourth-order valence-electron chi connectivity index (χ4n) is 10.2. The summed E-state index contributed by atoms with van der Waals surface area (Å²) in [6.07, 6.45) is 20.5. The Balaban J connectivity index is 1.37. The Morgan fingerprint density at radius 2 is 1.63 bits per heavy atom. The maximum atomic E-state index is 13.2. The molecule has 0 heterocycles. The number of unbranched alkanes of at least 4 members (excludes halogenated alkanes) is 2. The average molecular weight is 572 g/mol. The molecule has 1 amide bonds. The molecule has 4 aliphatic carbocycles. The molecule has 4 rings (SSSR count). The van der Waals surface area contributed by atoms with Crippen LogP contribution in [0.25, 0.3) is 0 Å². The summed E-state index contributed by atoms with van der Waals surface area (Å²) >= 11 is 0. The van der Waals surface area contributed by atoms with E-state index in [0.29, 0.717) is 18.5 Å². The number of fused-ring (bicyclic) bond motifs is 5. The lowest BCUT2D eigenvalue weighted by Crippen LogP contribution is -2.51. The second-order valence-corrected chi connectivity index (χ2v) is 15.5. The second kappa shape index (κ2) is 14.6. The van der Waals surface area contributed by atoms with Crippen LogP contribution in [0.3, 0.4) is 0 Å². The summed E-state index contributed by atoms with van der Waals surface area (Å²) in [7, 11) is 0. The lowest BCUT2D eigenvalue weighted by atomic mass is 9.47. The molecule has 41 heavy (non-hydrogen) atoms. The second-order valence-electron chi connectivity index (χ2n) is 15.5. The van der Waals surface area contributed by atoms with Gasteiger partial charge in [0.25, 0.3) is 0 Å². The molecule has 5 heteroatoms. The number of hydrogen-bond donors (Lipinski definition) is 2. The molecule has 0 bridgehead atoms. The molecule has 3 fully saturated rings. The van der Waals surface area contributed by atoms with Crippen molar-refractivity contribution in [3.05, 3.63) is 11.6 Å². The monoisotopic (exact) mass is 572 g/mol. The van der Waals surface area contributed by atoms with E-state index in [1.54, 1.807) is 5.57 Å². The summed E-state index contributed by atoms with van der Waals surface area (Å²) in [5.41, 5.74) is 13.8. The summed E-state index contributed by atoms with van der Waals surface area (Å²) < 4.78 is 6.20. The number of rotatable bonds is 14. The molecule has 4 aliphatic rings. The van der Waals surface area contributed by atoms with E-state index in [9.17, 15) is 4.79 Å².